The lowest BCUT2D eigenvalue weighted by Gasteiger charge is -2.34. The Hall–Kier alpha value is -0.570. The fraction of sp³-hybridized carbons (Fsp3) is 0.923. The minimum absolute atomic E-state index is 0.0532. The van der Waals surface area contributed by atoms with Crippen molar-refractivity contribution in [2.45, 2.75) is 38.6 Å². The van der Waals surface area contributed by atoms with Crippen molar-refractivity contribution in [2.24, 2.45) is 23.7 Å². The van der Waals surface area contributed by atoms with Gasteiger partial charge in [0, 0.05) is 6.04 Å². The molecule has 0 spiro atoms. The van der Waals surface area contributed by atoms with Crippen LogP contribution in [-0.4, -0.2) is 25.2 Å². The number of esters is 1. The molecular formula is C13H21NO2. The Bertz CT molecular complexity index is 274. The molecule has 2 bridgehead atoms. The van der Waals surface area contributed by atoms with Crippen LogP contribution in [0.15, 0.2) is 0 Å². The first-order valence-electron chi connectivity index (χ1n) is 6.65. The van der Waals surface area contributed by atoms with Gasteiger partial charge in [-0.25, -0.2) is 0 Å². The largest absolute Gasteiger partial charge is 0.465 e. The van der Waals surface area contributed by atoms with E-state index in [1.54, 1.807) is 0 Å². The normalized spacial score (nSPS) is 38.7. The highest BCUT2D eigenvalue weighted by molar-refractivity contribution is 5.75. The van der Waals surface area contributed by atoms with E-state index in [0.29, 0.717) is 24.5 Å². The molecule has 3 nitrogen and oxygen atoms in total. The summed E-state index contributed by atoms with van der Waals surface area (Å²) in [6, 6.07) is 0.427. The molecule has 0 aromatic rings. The molecule has 3 heteroatoms. The minimum atomic E-state index is 0.0532. The summed E-state index contributed by atoms with van der Waals surface area (Å²) in [6.07, 6.45) is 5.20. The van der Waals surface area contributed by atoms with Crippen molar-refractivity contribution in [3.63, 3.8) is 0 Å². The maximum atomic E-state index is 11.9. The van der Waals surface area contributed by atoms with E-state index in [-0.39, 0.29) is 11.9 Å². The number of carbonyl (C=O) groups excluding carboxylic acids is 1. The van der Waals surface area contributed by atoms with E-state index in [1.807, 2.05) is 0 Å². The first-order valence-corrected chi connectivity index (χ1v) is 6.65. The fourth-order valence-electron chi connectivity index (χ4n) is 3.29. The van der Waals surface area contributed by atoms with Crippen LogP contribution >= 0.6 is 0 Å². The molecule has 2 aliphatic carbocycles. The van der Waals surface area contributed by atoms with Crippen molar-refractivity contribution >= 4 is 5.97 Å². The van der Waals surface area contributed by atoms with Gasteiger partial charge in [-0.15, -0.1) is 0 Å². The van der Waals surface area contributed by atoms with Gasteiger partial charge < -0.3 is 10.1 Å². The molecule has 4 unspecified atom stereocenters. The number of rotatable bonds is 4. The van der Waals surface area contributed by atoms with Crippen molar-refractivity contribution in [2.75, 3.05) is 13.2 Å². The van der Waals surface area contributed by atoms with Gasteiger partial charge in [-0.05, 0) is 30.7 Å². The van der Waals surface area contributed by atoms with E-state index < -0.39 is 0 Å². The highest BCUT2D eigenvalue weighted by Crippen LogP contribution is 2.41. The summed E-state index contributed by atoms with van der Waals surface area (Å²) in [4.78, 5) is 11.9. The Balaban J connectivity index is 1.43. The van der Waals surface area contributed by atoms with E-state index in [2.05, 4.69) is 12.2 Å². The summed E-state index contributed by atoms with van der Waals surface area (Å²) in [5.74, 6) is 2.16. The van der Waals surface area contributed by atoms with Crippen molar-refractivity contribution < 1.29 is 9.53 Å². The molecule has 4 atom stereocenters. The quantitative estimate of drug-likeness (QED) is 0.735. The van der Waals surface area contributed by atoms with E-state index >= 15 is 0 Å². The van der Waals surface area contributed by atoms with Crippen LogP contribution in [-0.2, 0) is 9.53 Å². The second kappa shape index (κ2) is 4.02. The minimum Gasteiger partial charge on any atom is -0.465 e. The van der Waals surface area contributed by atoms with Crippen LogP contribution in [0.3, 0.4) is 0 Å². The number of hydrogen-bond donors (Lipinski definition) is 1. The lowest BCUT2D eigenvalue weighted by atomic mass is 9.74. The monoisotopic (exact) mass is 223 g/mol. The number of fused-ring (bicyclic) bond motifs is 1. The zero-order chi connectivity index (χ0) is 11.1. The molecule has 2 aliphatic heterocycles. The third-order valence-electron chi connectivity index (χ3n) is 4.86. The summed E-state index contributed by atoms with van der Waals surface area (Å²) in [5, 5.41) is 3.36. The zero-order valence-electron chi connectivity index (χ0n) is 9.95. The molecule has 4 fully saturated rings. The third-order valence-corrected chi connectivity index (χ3v) is 4.86. The molecule has 90 valence electrons. The van der Waals surface area contributed by atoms with Gasteiger partial charge >= 0.3 is 5.97 Å². The number of ether oxygens (including phenoxy) is 1. The van der Waals surface area contributed by atoms with Gasteiger partial charge in [-0.1, -0.05) is 26.2 Å². The van der Waals surface area contributed by atoms with Crippen LogP contribution in [0.5, 0.6) is 0 Å². The van der Waals surface area contributed by atoms with Gasteiger partial charge in [-0.3, -0.25) is 4.79 Å². The standard InChI is InChI=1S/C13H21NO2/c1-8(9-3-2-4-9)7-16-13(15)12-10-5-11(12)14-6-10/h8-12,14H,2-7H2,1H3. The summed E-state index contributed by atoms with van der Waals surface area (Å²) in [6.45, 7) is 3.87. The number of nitrogens with one attached hydrogen (secondary N) is 1. The first-order chi connectivity index (χ1) is 7.75. The average molecular weight is 223 g/mol. The highest BCUT2D eigenvalue weighted by Gasteiger charge is 2.51. The maximum absolute atomic E-state index is 11.9. The van der Waals surface area contributed by atoms with Gasteiger partial charge in [0.2, 0.25) is 0 Å². The lowest BCUT2D eigenvalue weighted by Crippen LogP contribution is -2.43. The number of hydrogen-bond acceptors (Lipinski definition) is 3. The first kappa shape index (κ1) is 10.6. The van der Waals surface area contributed by atoms with Crippen LogP contribution in [0, 0.1) is 23.7 Å². The summed E-state index contributed by atoms with van der Waals surface area (Å²) in [5.41, 5.74) is 0. The van der Waals surface area contributed by atoms with Gasteiger partial charge in [0.15, 0.2) is 0 Å². The topological polar surface area (TPSA) is 38.3 Å². The molecule has 4 aliphatic rings. The van der Waals surface area contributed by atoms with E-state index in [9.17, 15) is 4.79 Å². The second-order valence-corrected chi connectivity index (χ2v) is 5.83. The third kappa shape index (κ3) is 1.65. The van der Waals surface area contributed by atoms with Gasteiger partial charge in [0.05, 0.1) is 12.5 Å². The van der Waals surface area contributed by atoms with Crippen molar-refractivity contribution in [1.29, 1.82) is 0 Å². The smallest absolute Gasteiger partial charge is 0.310 e. The Morgan fingerprint density at radius 2 is 2.31 bits per heavy atom. The molecule has 2 saturated carbocycles. The summed E-state index contributed by atoms with van der Waals surface area (Å²) < 4.78 is 5.47. The highest BCUT2D eigenvalue weighted by atomic mass is 16.5. The average Bonchev–Trinajstić information content (AvgIpc) is 2.72. The maximum Gasteiger partial charge on any atom is 0.310 e. The van der Waals surface area contributed by atoms with Gasteiger partial charge in [0.1, 0.15) is 0 Å². The zero-order valence-corrected chi connectivity index (χ0v) is 9.95. The molecule has 16 heavy (non-hydrogen) atoms. The lowest BCUT2D eigenvalue weighted by molar-refractivity contribution is -0.155. The SMILES string of the molecule is CC(COC(=O)C1C2CNC1C2)C1CCC1. The van der Waals surface area contributed by atoms with Crippen molar-refractivity contribution in [1.82, 2.24) is 5.32 Å². The van der Waals surface area contributed by atoms with Crippen LogP contribution in [0.2, 0.25) is 0 Å². The van der Waals surface area contributed by atoms with Crippen LogP contribution in [0.1, 0.15) is 32.6 Å². The van der Waals surface area contributed by atoms with Gasteiger partial charge in [0.25, 0.3) is 0 Å². The Morgan fingerprint density at radius 1 is 1.50 bits per heavy atom. The summed E-state index contributed by atoms with van der Waals surface area (Å²) in [7, 11) is 0. The molecule has 4 rings (SSSR count). The molecule has 2 saturated heterocycles. The molecule has 1 N–H and O–H groups in total. The van der Waals surface area contributed by atoms with Crippen LogP contribution in [0.25, 0.3) is 0 Å². The van der Waals surface area contributed by atoms with E-state index in [4.69, 9.17) is 4.74 Å². The van der Waals surface area contributed by atoms with E-state index in [0.717, 1.165) is 12.5 Å². The molecular weight excluding hydrogens is 202 g/mol. The molecule has 0 aromatic carbocycles. The Kier molecular flexibility index (Phi) is 2.66. The molecule has 0 amide bonds. The predicted molar refractivity (Wildman–Crippen MR) is 60.9 cm³/mol. The van der Waals surface area contributed by atoms with Crippen molar-refractivity contribution in [3.05, 3.63) is 0 Å². The van der Waals surface area contributed by atoms with Gasteiger partial charge in [-0.2, -0.15) is 0 Å². The van der Waals surface area contributed by atoms with Crippen LogP contribution < -0.4 is 5.32 Å². The Morgan fingerprint density at radius 3 is 2.81 bits per heavy atom. The van der Waals surface area contributed by atoms with Crippen molar-refractivity contribution in [3.8, 4) is 0 Å². The summed E-state index contributed by atoms with van der Waals surface area (Å²) >= 11 is 0. The second-order valence-electron chi connectivity index (χ2n) is 5.83. The van der Waals surface area contributed by atoms with E-state index in [1.165, 1.54) is 25.7 Å². The predicted octanol–water partition coefficient (Wildman–Crippen LogP) is 1.57. The fourth-order valence-corrected chi connectivity index (χ4v) is 3.29. The molecule has 0 aromatic heterocycles. The Labute approximate surface area is 96.9 Å². The number of carbonyl (C=O) groups is 1. The molecule has 0 radical (unpaired) electrons. The van der Waals surface area contributed by atoms with Crippen LogP contribution in [0.4, 0.5) is 0 Å². The molecule has 2 heterocycles.